The van der Waals surface area contributed by atoms with E-state index >= 15 is 0 Å². The first-order valence-corrected chi connectivity index (χ1v) is 5.83. The second-order valence-corrected chi connectivity index (χ2v) is 3.97. The molecule has 20 heavy (non-hydrogen) atoms. The van der Waals surface area contributed by atoms with E-state index in [1.807, 2.05) is 6.07 Å². The van der Waals surface area contributed by atoms with Crippen LogP contribution in [0, 0.1) is 11.3 Å². The summed E-state index contributed by atoms with van der Waals surface area (Å²) in [5.74, 6) is -0.134. The maximum absolute atomic E-state index is 12.0. The van der Waals surface area contributed by atoms with E-state index in [4.69, 9.17) is 10.4 Å². The van der Waals surface area contributed by atoms with Gasteiger partial charge in [-0.3, -0.25) is 4.79 Å². The van der Waals surface area contributed by atoms with E-state index in [-0.39, 0.29) is 30.3 Å². The molecule has 0 bridgehead atoms. The summed E-state index contributed by atoms with van der Waals surface area (Å²) < 4.78 is 1.34. The van der Waals surface area contributed by atoms with Crippen molar-refractivity contribution in [1.82, 2.24) is 9.78 Å². The summed E-state index contributed by atoms with van der Waals surface area (Å²) in [6.45, 7) is 0.0154. The maximum Gasteiger partial charge on any atom is 0.256 e. The molecule has 1 aromatic heterocycles. The molecular weight excluding hydrogens is 260 g/mol. The van der Waals surface area contributed by atoms with Crippen LogP contribution >= 0.6 is 0 Å². The number of amides is 1. The van der Waals surface area contributed by atoms with Gasteiger partial charge in [0.1, 0.15) is 23.2 Å². The van der Waals surface area contributed by atoms with E-state index in [0.717, 1.165) is 0 Å². The molecule has 102 valence electrons. The summed E-state index contributed by atoms with van der Waals surface area (Å²) >= 11 is 0. The predicted molar refractivity (Wildman–Crippen MR) is 70.1 cm³/mol. The lowest BCUT2D eigenvalue weighted by Gasteiger charge is -2.08. The molecule has 1 aromatic carbocycles. The first kappa shape index (κ1) is 13.6. The Morgan fingerprint density at radius 3 is 2.70 bits per heavy atom. The smallest absolute Gasteiger partial charge is 0.256 e. The largest absolute Gasteiger partial charge is 0.508 e. The van der Waals surface area contributed by atoms with Crippen molar-refractivity contribution in [3.8, 4) is 11.8 Å². The average molecular weight is 272 g/mol. The number of aromatic hydroxyl groups is 1. The molecule has 7 heteroatoms. The molecule has 1 amide bonds. The molecule has 0 fully saturated rings. The molecular formula is C13H12N4O3. The minimum Gasteiger partial charge on any atom is -0.508 e. The highest BCUT2D eigenvalue weighted by atomic mass is 16.3. The average Bonchev–Trinajstić information content (AvgIpc) is 2.82. The number of aromatic nitrogens is 2. The molecule has 0 radical (unpaired) electrons. The molecule has 2 rings (SSSR count). The number of rotatable bonds is 4. The van der Waals surface area contributed by atoms with Crippen molar-refractivity contribution >= 4 is 11.7 Å². The second kappa shape index (κ2) is 5.86. The van der Waals surface area contributed by atoms with Crippen LogP contribution in [0.25, 0.3) is 0 Å². The number of nitrogens with zero attached hydrogens (tertiary/aromatic N) is 3. The van der Waals surface area contributed by atoms with Gasteiger partial charge in [-0.2, -0.15) is 10.4 Å². The highest BCUT2D eigenvalue weighted by molar-refractivity contribution is 6.04. The Balaban J connectivity index is 2.25. The zero-order valence-electron chi connectivity index (χ0n) is 10.4. The summed E-state index contributed by atoms with van der Waals surface area (Å²) in [6.07, 6.45) is 1.32. The minimum atomic E-state index is -0.429. The lowest BCUT2D eigenvalue weighted by Crippen LogP contribution is -2.17. The Labute approximate surface area is 114 Å². The molecule has 0 atom stereocenters. The summed E-state index contributed by atoms with van der Waals surface area (Å²) in [5, 5.41) is 33.6. The quantitative estimate of drug-likeness (QED) is 0.758. The highest BCUT2D eigenvalue weighted by Crippen LogP contribution is 2.16. The van der Waals surface area contributed by atoms with Crippen molar-refractivity contribution in [3.05, 3.63) is 41.6 Å². The van der Waals surface area contributed by atoms with Crippen LogP contribution in [0.3, 0.4) is 0 Å². The van der Waals surface area contributed by atoms with Crippen molar-refractivity contribution in [2.24, 2.45) is 0 Å². The molecule has 0 spiro atoms. The lowest BCUT2D eigenvalue weighted by molar-refractivity contribution is 0.102. The zero-order chi connectivity index (χ0) is 14.5. The van der Waals surface area contributed by atoms with Gasteiger partial charge in [0, 0.05) is 5.56 Å². The summed E-state index contributed by atoms with van der Waals surface area (Å²) in [4.78, 5) is 12.0. The number of aliphatic hydroxyl groups excluding tert-OH is 1. The van der Waals surface area contributed by atoms with E-state index in [1.54, 1.807) is 0 Å². The number of nitrogens with one attached hydrogen (secondary N) is 1. The molecule has 3 N–H and O–H groups in total. The summed E-state index contributed by atoms with van der Waals surface area (Å²) in [7, 11) is 0. The van der Waals surface area contributed by atoms with E-state index < -0.39 is 5.91 Å². The topological polar surface area (TPSA) is 111 Å². The van der Waals surface area contributed by atoms with Crippen LogP contribution in [-0.2, 0) is 6.54 Å². The molecule has 0 saturated carbocycles. The van der Waals surface area contributed by atoms with Crippen molar-refractivity contribution in [2.75, 3.05) is 11.9 Å². The number of aliphatic hydroxyl groups is 1. The number of phenols is 1. The van der Waals surface area contributed by atoms with Gasteiger partial charge >= 0.3 is 0 Å². The molecule has 0 saturated heterocycles. The van der Waals surface area contributed by atoms with Crippen molar-refractivity contribution in [3.63, 3.8) is 0 Å². The first-order valence-electron chi connectivity index (χ1n) is 5.83. The van der Waals surface area contributed by atoms with Crippen LogP contribution < -0.4 is 5.32 Å². The van der Waals surface area contributed by atoms with Crippen LogP contribution in [-0.4, -0.2) is 32.5 Å². The minimum absolute atomic E-state index is 0.0598. The van der Waals surface area contributed by atoms with Crippen LogP contribution in [0.15, 0.2) is 30.5 Å². The number of nitriles is 1. The number of anilines is 1. The SMILES string of the molecule is N#Cc1cnn(CCO)c1NC(=O)c1ccc(O)cc1. The third kappa shape index (κ3) is 2.76. The van der Waals surface area contributed by atoms with E-state index in [1.165, 1.54) is 35.1 Å². The van der Waals surface area contributed by atoms with Gasteiger partial charge in [-0.25, -0.2) is 4.68 Å². The summed E-state index contributed by atoms with van der Waals surface area (Å²) in [6, 6.07) is 7.63. The highest BCUT2D eigenvalue weighted by Gasteiger charge is 2.14. The first-order chi connectivity index (χ1) is 9.65. The van der Waals surface area contributed by atoms with Crippen LogP contribution in [0.4, 0.5) is 5.82 Å². The van der Waals surface area contributed by atoms with Gasteiger partial charge in [0.25, 0.3) is 5.91 Å². The molecule has 0 aliphatic heterocycles. The molecule has 1 heterocycles. The third-order valence-electron chi connectivity index (χ3n) is 2.63. The van der Waals surface area contributed by atoms with Crippen molar-refractivity contribution in [2.45, 2.75) is 6.54 Å². The van der Waals surface area contributed by atoms with Crippen molar-refractivity contribution in [1.29, 1.82) is 5.26 Å². The number of hydrogen-bond acceptors (Lipinski definition) is 5. The Morgan fingerprint density at radius 2 is 2.10 bits per heavy atom. The number of phenolic OH excluding ortho intramolecular Hbond substituents is 1. The van der Waals surface area contributed by atoms with Crippen LogP contribution in [0.2, 0.25) is 0 Å². The van der Waals surface area contributed by atoms with Gasteiger partial charge in [0.05, 0.1) is 19.3 Å². The van der Waals surface area contributed by atoms with Gasteiger partial charge in [-0.15, -0.1) is 0 Å². The fourth-order valence-electron chi connectivity index (χ4n) is 1.66. The predicted octanol–water partition coefficient (Wildman–Crippen LogP) is 0.705. The summed E-state index contributed by atoms with van der Waals surface area (Å²) in [5.41, 5.74) is 0.550. The normalized spacial score (nSPS) is 10.0. The van der Waals surface area contributed by atoms with Crippen molar-refractivity contribution < 1.29 is 15.0 Å². The maximum atomic E-state index is 12.0. The third-order valence-corrected chi connectivity index (χ3v) is 2.63. The Bertz CT molecular complexity index is 655. The van der Waals surface area contributed by atoms with Gasteiger partial charge in [0.2, 0.25) is 0 Å². The second-order valence-electron chi connectivity index (χ2n) is 3.97. The number of benzene rings is 1. The lowest BCUT2D eigenvalue weighted by atomic mass is 10.2. The fourth-order valence-corrected chi connectivity index (χ4v) is 1.66. The van der Waals surface area contributed by atoms with Gasteiger partial charge in [-0.05, 0) is 24.3 Å². The molecule has 0 unspecified atom stereocenters. The number of carbonyl (C=O) groups excluding carboxylic acids is 1. The van der Waals surface area contributed by atoms with E-state index in [2.05, 4.69) is 10.4 Å². The standard InChI is InChI=1S/C13H12N4O3/c14-7-10-8-15-17(5-6-18)12(10)16-13(20)9-1-3-11(19)4-2-9/h1-4,8,18-19H,5-6H2,(H,16,20). The monoisotopic (exact) mass is 272 g/mol. The van der Waals surface area contributed by atoms with Gasteiger partial charge < -0.3 is 15.5 Å². The molecule has 7 nitrogen and oxygen atoms in total. The van der Waals surface area contributed by atoms with Crippen LogP contribution in [0.1, 0.15) is 15.9 Å². The Morgan fingerprint density at radius 1 is 1.40 bits per heavy atom. The molecule has 0 aliphatic carbocycles. The Kier molecular flexibility index (Phi) is 3.98. The van der Waals surface area contributed by atoms with E-state index in [0.29, 0.717) is 5.56 Å². The van der Waals surface area contributed by atoms with Crippen LogP contribution in [0.5, 0.6) is 5.75 Å². The molecule has 0 aliphatic rings. The van der Waals surface area contributed by atoms with E-state index in [9.17, 15) is 9.90 Å². The van der Waals surface area contributed by atoms with Gasteiger partial charge in [-0.1, -0.05) is 0 Å². The zero-order valence-corrected chi connectivity index (χ0v) is 10.4. The molecule has 2 aromatic rings. The number of carbonyl (C=O) groups is 1. The Hall–Kier alpha value is -2.85. The number of hydrogen-bond donors (Lipinski definition) is 3. The fraction of sp³-hybridized carbons (Fsp3) is 0.154. The van der Waals surface area contributed by atoms with Gasteiger partial charge in [0.15, 0.2) is 0 Å².